The van der Waals surface area contributed by atoms with E-state index < -0.39 is 11.6 Å². The van der Waals surface area contributed by atoms with Crippen molar-refractivity contribution in [1.29, 1.82) is 5.26 Å². The fraction of sp³-hybridized carbons (Fsp3) is 0.231. The third-order valence-electron chi connectivity index (χ3n) is 2.59. The van der Waals surface area contributed by atoms with Crippen LogP contribution in [-0.4, -0.2) is 11.5 Å². The average Bonchev–Trinajstić information content (AvgIpc) is 2.39. The molecule has 2 rings (SSSR count). The van der Waals surface area contributed by atoms with Gasteiger partial charge in [0.15, 0.2) is 0 Å². The summed E-state index contributed by atoms with van der Waals surface area (Å²) in [5, 5.41) is 12.0. The second-order valence-corrected chi connectivity index (χ2v) is 3.84. The van der Waals surface area contributed by atoms with Crippen molar-refractivity contribution in [3.8, 4) is 6.07 Å². The first-order valence-electron chi connectivity index (χ1n) is 5.59. The number of nitrogens with one attached hydrogen (secondary N) is 1. The van der Waals surface area contributed by atoms with Crippen molar-refractivity contribution in [1.82, 2.24) is 4.98 Å². The SMILES string of the molecule is CCCNc1c(C#N)cnc2c(F)ccc(F)c12. The summed E-state index contributed by atoms with van der Waals surface area (Å²) >= 11 is 0. The molecule has 1 heterocycles. The number of nitrogens with zero attached hydrogens (tertiary/aromatic N) is 2. The van der Waals surface area contributed by atoms with E-state index in [1.807, 2.05) is 13.0 Å². The van der Waals surface area contributed by atoms with Gasteiger partial charge in [0.05, 0.1) is 16.6 Å². The van der Waals surface area contributed by atoms with Crippen LogP contribution in [0, 0.1) is 23.0 Å². The van der Waals surface area contributed by atoms with Crippen LogP contribution in [0.2, 0.25) is 0 Å². The number of benzene rings is 1. The molecule has 1 aromatic heterocycles. The fourth-order valence-corrected chi connectivity index (χ4v) is 1.75. The monoisotopic (exact) mass is 247 g/mol. The quantitative estimate of drug-likeness (QED) is 0.906. The molecule has 0 amide bonds. The van der Waals surface area contributed by atoms with Gasteiger partial charge in [-0.3, -0.25) is 4.98 Å². The highest BCUT2D eigenvalue weighted by Crippen LogP contribution is 2.29. The molecule has 1 aromatic carbocycles. The number of hydrogen-bond acceptors (Lipinski definition) is 3. The van der Waals surface area contributed by atoms with Crippen LogP contribution >= 0.6 is 0 Å². The van der Waals surface area contributed by atoms with E-state index >= 15 is 0 Å². The Morgan fingerprint density at radius 2 is 2.06 bits per heavy atom. The van der Waals surface area contributed by atoms with E-state index in [4.69, 9.17) is 5.26 Å². The van der Waals surface area contributed by atoms with Crippen molar-refractivity contribution in [3.05, 3.63) is 35.5 Å². The van der Waals surface area contributed by atoms with Crippen LogP contribution in [0.4, 0.5) is 14.5 Å². The van der Waals surface area contributed by atoms with Crippen LogP contribution in [0.25, 0.3) is 10.9 Å². The number of anilines is 1. The largest absolute Gasteiger partial charge is 0.383 e. The molecule has 0 aliphatic carbocycles. The molecule has 5 heteroatoms. The molecule has 0 unspecified atom stereocenters. The minimum absolute atomic E-state index is 0.0301. The number of fused-ring (bicyclic) bond motifs is 1. The third-order valence-corrected chi connectivity index (χ3v) is 2.59. The summed E-state index contributed by atoms with van der Waals surface area (Å²) in [4.78, 5) is 3.80. The maximum Gasteiger partial charge on any atom is 0.149 e. The van der Waals surface area contributed by atoms with Gasteiger partial charge in [0.1, 0.15) is 23.2 Å². The molecule has 2 aromatic rings. The Morgan fingerprint density at radius 3 is 2.72 bits per heavy atom. The minimum Gasteiger partial charge on any atom is -0.383 e. The molecule has 18 heavy (non-hydrogen) atoms. The van der Waals surface area contributed by atoms with E-state index in [0.29, 0.717) is 12.2 Å². The van der Waals surface area contributed by atoms with Crippen LogP contribution in [-0.2, 0) is 0 Å². The van der Waals surface area contributed by atoms with Gasteiger partial charge in [-0.1, -0.05) is 6.92 Å². The van der Waals surface area contributed by atoms with Gasteiger partial charge in [0.2, 0.25) is 0 Å². The standard InChI is InChI=1S/C13H11F2N3/c1-2-5-17-12-8(6-16)7-18-13-10(15)4-3-9(14)11(12)13/h3-4,7H,2,5H2,1H3,(H,17,18). The van der Waals surface area contributed by atoms with E-state index in [-0.39, 0.29) is 16.5 Å². The summed E-state index contributed by atoms with van der Waals surface area (Å²) in [5.74, 6) is -1.19. The van der Waals surface area contributed by atoms with E-state index in [1.54, 1.807) is 0 Å². The van der Waals surface area contributed by atoms with Gasteiger partial charge in [-0.15, -0.1) is 0 Å². The Bertz CT molecular complexity index is 632. The Balaban J connectivity index is 2.76. The summed E-state index contributed by atoms with van der Waals surface area (Å²) in [5.41, 5.74) is 0.453. The molecule has 0 saturated carbocycles. The Hall–Kier alpha value is -2.22. The van der Waals surface area contributed by atoms with Crippen molar-refractivity contribution in [3.63, 3.8) is 0 Å². The Labute approximate surface area is 103 Å². The van der Waals surface area contributed by atoms with Crippen molar-refractivity contribution >= 4 is 16.6 Å². The Kier molecular flexibility index (Phi) is 3.38. The fourth-order valence-electron chi connectivity index (χ4n) is 1.75. The van der Waals surface area contributed by atoms with Crippen molar-refractivity contribution in [2.45, 2.75) is 13.3 Å². The predicted molar refractivity (Wildman–Crippen MR) is 65.2 cm³/mol. The molecule has 0 radical (unpaired) electrons. The Morgan fingerprint density at radius 1 is 1.33 bits per heavy atom. The summed E-state index contributed by atoms with van der Waals surface area (Å²) in [7, 11) is 0. The summed E-state index contributed by atoms with van der Waals surface area (Å²) < 4.78 is 27.4. The normalized spacial score (nSPS) is 10.3. The van der Waals surface area contributed by atoms with E-state index in [0.717, 1.165) is 18.6 Å². The maximum atomic E-state index is 13.8. The highest BCUT2D eigenvalue weighted by molar-refractivity contribution is 5.94. The number of hydrogen-bond donors (Lipinski definition) is 1. The third kappa shape index (κ3) is 1.97. The van der Waals surface area contributed by atoms with Crippen molar-refractivity contribution in [2.24, 2.45) is 0 Å². The second kappa shape index (κ2) is 4.96. The van der Waals surface area contributed by atoms with Gasteiger partial charge in [0, 0.05) is 12.7 Å². The minimum atomic E-state index is -0.601. The van der Waals surface area contributed by atoms with Gasteiger partial charge in [-0.25, -0.2) is 8.78 Å². The molecule has 0 atom stereocenters. The van der Waals surface area contributed by atoms with Crippen molar-refractivity contribution < 1.29 is 8.78 Å². The number of nitriles is 1. The molecular formula is C13H11F2N3. The van der Waals surface area contributed by atoms with E-state index in [1.165, 1.54) is 6.20 Å². The van der Waals surface area contributed by atoms with Crippen LogP contribution in [0.1, 0.15) is 18.9 Å². The zero-order chi connectivity index (χ0) is 13.1. The zero-order valence-electron chi connectivity index (χ0n) is 9.80. The lowest BCUT2D eigenvalue weighted by Crippen LogP contribution is -2.05. The van der Waals surface area contributed by atoms with Gasteiger partial charge in [0.25, 0.3) is 0 Å². The first-order valence-corrected chi connectivity index (χ1v) is 5.59. The van der Waals surface area contributed by atoms with Gasteiger partial charge in [-0.05, 0) is 18.6 Å². The zero-order valence-corrected chi connectivity index (χ0v) is 9.80. The lowest BCUT2D eigenvalue weighted by atomic mass is 10.1. The summed E-state index contributed by atoms with van der Waals surface area (Å²) in [6.45, 7) is 2.52. The molecule has 0 spiro atoms. The second-order valence-electron chi connectivity index (χ2n) is 3.84. The lowest BCUT2D eigenvalue weighted by molar-refractivity contribution is 0.615. The van der Waals surface area contributed by atoms with Gasteiger partial charge < -0.3 is 5.32 Å². The molecule has 1 N–H and O–H groups in total. The maximum absolute atomic E-state index is 13.8. The van der Waals surface area contributed by atoms with Crippen LogP contribution in [0.3, 0.4) is 0 Å². The van der Waals surface area contributed by atoms with Gasteiger partial charge in [-0.2, -0.15) is 5.26 Å². The van der Waals surface area contributed by atoms with E-state index in [9.17, 15) is 8.78 Å². The van der Waals surface area contributed by atoms with Crippen LogP contribution in [0.5, 0.6) is 0 Å². The lowest BCUT2D eigenvalue weighted by Gasteiger charge is -2.11. The summed E-state index contributed by atoms with van der Waals surface area (Å²) in [6.07, 6.45) is 2.06. The predicted octanol–water partition coefficient (Wildman–Crippen LogP) is 3.21. The molecular weight excluding hydrogens is 236 g/mol. The molecule has 0 bridgehead atoms. The van der Waals surface area contributed by atoms with Gasteiger partial charge >= 0.3 is 0 Å². The highest BCUT2D eigenvalue weighted by atomic mass is 19.1. The van der Waals surface area contributed by atoms with E-state index in [2.05, 4.69) is 10.3 Å². The van der Waals surface area contributed by atoms with Crippen LogP contribution in [0.15, 0.2) is 18.3 Å². The van der Waals surface area contributed by atoms with Crippen LogP contribution < -0.4 is 5.32 Å². The topological polar surface area (TPSA) is 48.7 Å². The molecule has 0 fully saturated rings. The molecule has 0 aliphatic heterocycles. The molecule has 3 nitrogen and oxygen atoms in total. The molecule has 0 saturated heterocycles. The first kappa shape index (κ1) is 12.2. The number of aromatic nitrogens is 1. The number of rotatable bonds is 3. The van der Waals surface area contributed by atoms with Crippen molar-refractivity contribution in [2.75, 3.05) is 11.9 Å². The molecule has 0 aliphatic rings. The number of pyridine rings is 1. The first-order chi connectivity index (χ1) is 8.69. The smallest absolute Gasteiger partial charge is 0.149 e. The molecule has 92 valence electrons. The average molecular weight is 247 g/mol. The highest BCUT2D eigenvalue weighted by Gasteiger charge is 2.15. The number of halogens is 2. The summed E-state index contributed by atoms with van der Waals surface area (Å²) in [6, 6.07) is 4.00.